The molecule has 0 aliphatic heterocycles. The van der Waals surface area contributed by atoms with E-state index in [0.29, 0.717) is 5.56 Å². The number of rotatable bonds is 9. The van der Waals surface area contributed by atoms with Crippen LogP contribution in [0.3, 0.4) is 0 Å². The highest BCUT2D eigenvalue weighted by Crippen LogP contribution is 2.44. The minimum Gasteiger partial charge on any atom is -0.309 e. The number of fused-ring (bicyclic) bond motifs is 18. The molecule has 7 aromatic heterocycles. The van der Waals surface area contributed by atoms with Crippen LogP contribution in [0.2, 0.25) is 0 Å². The first-order valence-corrected chi connectivity index (χ1v) is 35.4. The van der Waals surface area contributed by atoms with Gasteiger partial charge in [-0.3, -0.25) is 0 Å². The summed E-state index contributed by atoms with van der Waals surface area (Å²) in [6.45, 7) is 0. The van der Waals surface area contributed by atoms with Crippen molar-refractivity contribution in [1.82, 2.24) is 32.4 Å². The van der Waals surface area contributed by atoms with Crippen molar-refractivity contribution in [2.75, 3.05) is 0 Å². The smallest absolute Gasteiger partial charge is 0.0991 e. The molecule has 482 valence electrons. The second-order valence-electron chi connectivity index (χ2n) is 27.4. The van der Waals surface area contributed by atoms with Crippen molar-refractivity contribution in [2.45, 2.75) is 0 Å². The van der Waals surface area contributed by atoms with E-state index in [-0.39, 0.29) is 0 Å². The Balaban J connectivity index is 0.682. The first-order valence-electron chi connectivity index (χ1n) is 35.4. The van der Waals surface area contributed by atoms with E-state index >= 15 is 0 Å². The average molecular weight is 1320 g/mol. The quantitative estimate of drug-likeness (QED) is 0.145. The van der Waals surface area contributed by atoms with Gasteiger partial charge in [0.1, 0.15) is 0 Å². The van der Waals surface area contributed by atoms with Crippen molar-refractivity contribution in [3.63, 3.8) is 0 Å². The van der Waals surface area contributed by atoms with Gasteiger partial charge in [0.25, 0.3) is 0 Å². The summed E-state index contributed by atoms with van der Waals surface area (Å²) in [5, 5.41) is 24.7. The summed E-state index contributed by atoms with van der Waals surface area (Å²) in [7, 11) is 0. The van der Waals surface area contributed by atoms with Crippen molar-refractivity contribution in [3.05, 3.63) is 357 Å². The fourth-order valence-corrected chi connectivity index (χ4v) is 17.2. The number of aromatic nitrogens is 7. The zero-order valence-corrected chi connectivity index (χ0v) is 56.1. The largest absolute Gasteiger partial charge is 0.309 e. The van der Waals surface area contributed by atoms with E-state index in [9.17, 15) is 5.26 Å². The van der Waals surface area contributed by atoms with Crippen molar-refractivity contribution < 1.29 is 0 Å². The van der Waals surface area contributed by atoms with Gasteiger partial charge in [0.05, 0.1) is 89.2 Å². The van der Waals surface area contributed by atoms with Crippen LogP contribution in [-0.4, -0.2) is 32.4 Å². The number of nitriles is 1. The van der Waals surface area contributed by atoms with Crippen LogP contribution in [0.1, 0.15) is 5.56 Å². The molecule has 0 unspecified atom stereocenters. The van der Waals surface area contributed by atoms with Crippen molar-refractivity contribution >= 4 is 131 Å². The van der Waals surface area contributed by atoms with Crippen LogP contribution in [0.5, 0.6) is 0 Å². The minimum absolute atomic E-state index is 0.599. The normalized spacial score (nSPS) is 12.0. The number of benzene rings is 15. The third-order valence-corrected chi connectivity index (χ3v) is 21.8. The molecule has 7 heterocycles. The van der Waals surface area contributed by atoms with Crippen molar-refractivity contribution in [1.29, 1.82) is 5.26 Å². The van der Waals surface area contributed by atoms with Crippen LogP contribution < -0.4 is 0 Å². The molecule has 22 rings (SSSR count). The molecule has 15 aromatic carbocycles. The zero-order valence-electron chi connectivity index (χ0n) is 56.1. The Kier molecular flexibility index (Phi) is 12.4. The van der Waals surface area contributed by atoms with Crippen LogP contribution in [0, 0.1) is 11.3 Å². The molecule has 0 atom stereocenters. The highest BCUT2D eigenvalue weighted by molar-refractivity contribution is 6.17. The van der Waals surface area contributed by atoms with Gasteiger partial charge in [0.15, 0.2) is 0 Å². The van der Waals surface area contributed by atoms with Crippen LogP contribution in [0.15, 0.2) is 352 Å². The molecular weight excluding hydrogens is 1270 g/mol. The molecule has 0 saturated carbocycles. The van der Waals surface area contributed by atoms with E-state index in [0.717, 1.165) is 111 Å². The molecule has 0 N–H and O–H groups in total. The Labute approximate surface area is 596 Å². The summed E-state index contributed by atoms with van der Waals surface area (Å²) in [4.78, 5) is 5.55. The molecule has 0 spiro atoms. The molecule has 0 aliphatic carbocycles. The predicted octanol–water partition coefficient (Wildman–Crippen LogP) is 24.5. The fourth-order valence-electron chi connectivity index (χ4n) is 17.2. The highest BCUT2D eigenvalue weighted by atomic mass is 15.0. The summed E-state index contributed by atoms with van der Waals surface area (Å²) < 4.78 is 14.5. The van der Waals surface area contributed by atoms with Gasteiger partial charge in [-0.15, -0.1) is 0 Å². The molecule has 8 heteroatoms. The third kappa shape index (κ3) is 8.56. The number of hydrogen-bond acceptors (Lipinski definition) is 2. The van der Waals surface area contributed by atoms with Crippen LogP contribution >= 0.6 is 0 Å². The standard InChI is InChI=1S/C96H58N8/c97-59-60-18-17-19-63(52-60)64-53-83(61-36-40-65(41-37-61)99-93-48-44-67(101-85-28-9-1-20-71(85)72-21-2-10-29-86(72)101)55-79(93)80-56-68(45-49-94(80)99)102-87-30-11-3-22-73(87)74-23-4-12-31-88(74)102)98-84(54-64)62-38-42-66(43-39-62)100-95-50-46-69(103-89-32-13-5-24-75(89)76-25-6-14-33-90(76)103)57-81(95)82-58-70(47-51-96(82)100)104-91-34-15-7-26-77(91)78-27-8-16-35-92(78)104/h1-58H. The summed E-state index contributed by atoms with van der Waals surface area (Å²) in [6.07, 6.45) is 0. The summed E-state index contributed by atoms with van der Waals surface area (Å²) >= 11 is 0. The van der Waals surface area contributed by atoms with Crippen LogP contribution in [-0.2, 0) is 0 Å². The molecule has 8 nitrogen and oxygen atoms in total. The second-order valence-corrected chi connectivity index (χ2v) is 27.4. The molecule has 22 aromatic rings. The lowest BCUT2D eigenvalue weighted by Crippen LogP contribution is -1.97. The number of hydrogen-bond donors (Lipinski definition) is 0. The zero-order chi connectivity index (χ0) is 68.3. The topological polar surface area (TPSA) is 66.3 Å². The average Bonchev–Trinajstić information content (AvgIpc) is 1.57. The molecule has 0 bridgehead atoms. The first kappa shape index (κ1) is 57.6. The Morgan fingerprint density at radius 3 is 0.692 bits per heavy atom. The molecule has 104 heavy (non-hydrogen) atoms. The van der Waals surface area contributed by atoms with E-state index in [2.05, 4.69) is 367 Å². The van der Waals surface area contributed by atoms with Gasteiger partial charge in [-0.25, -0.2) is 4.98 Å². The SMILES string of the molecule is N#Cc1cccc(-c2cc(-c3ccc(-n4c5ccc(-n6c7ccccc7c7ccccc76)cc5c5cc(-n6c7ccccc7c7ccccc76)ccc54)cc3)nc(-c3ccc(-n4c5ccc(-n6c7ccccc7c7ccccc76)cc5c5cc(-n6c7ccccc7c7ccccc76)ccc54)cc3)c2)c1. The Morgan fingerprint density at radius 2 is 0.423 bits per heavy atom. The van der Waals surface area contributed by atoms with E-state index in [1.807, 2.05) is 18.2 Å². The fraction of sp³-hybridized carbons (Fsp3) is 0. The third-order valence-electron chi connectivity index (χ3n) is 21.8. The lowest BCUT2D eigenvalue weighted by molar-refractivity contribution is 1.16. The first-order chi connectivity index (χ1) is 51.5. The van der Waals surface area contributed by atoms with Crippen LogP contribution in [0.4, 0.5) is 0 Å². The highest BCUT2D eigenvalue weighted by Gasteiger charge is 2.23. The van der Waals surface area contributed by atoms with Gasteiger partial charge in [-0.1, -0.05) is 182 Å². The lowest BCUT2D eigenvalue weighted by atomic mass is 9.98. The molecule has 0 saturated heterocycles. The van der Waals surface area contributed by atoms with Gasteiger partial charge in [0, 0.05) is 110 Å². The Bertz CT molecular complexity index is 6460. The Morgan fingerprint density at radius 1 is 0.183 bits per heavy atom. The van der Waals surface area contributed by atoms with Gasteiger partial charge in [-0.05, 0) is 181 Å². The van der Waals surface area contributed by atoms with E-state index < -0.39 is 0 Å². The van der Waals surface area contributed by atoms with Crippen molar-refractivity contribution in [2.24, 2.45) is 0 Å². The van der Waals surface area contributed by atoms with E-state index in [1.54, 1.807) is 0 Å². The maximum Gasteiger partial charge on any atom is 0.0991 e. The maximum atomic E-state index is 10.2. The molecule has 0 aliphatic rings. The molecule has 0 fully saturated rings. The second kappa shape index (κ2) is 22.4. The minimum atomic E-state index is 0.599. The number of para-hydroxylation sites is 8. The van der Waals surface area contributed by atoms with Gasteiger partial charge >= 0.3 is 0 Å². The molecular formula is C96H58N8. The number of nitrogens with zero attached hydrogens (tertiary/aromatic N) is 8. The summed E-state index contributed by atoms with van der Waals surface area (Å²) in [5.41, 5.74) is 26.4. The predicted molar refractivity (Wildman–Crippen MR) is 431 cm³/mol. The van der Waals surface area contributed by atoms with Crippen molar-refractivity contribution in [3.8, 4) is 73.8 Å². The van der Waals surface area contributed by atoms with E-state index in [1.165, 1.54) is 87.2 Å². The lowest BCUT2D eigenvalue weighted by Gasteiger charge is -2.14. The summed E-state index contributed by atoms with van der Waals surface area (Å²) in [5.74, 6) is 0. The molecule has 0 radical (unpaired) electrons. The maximum absolute atomic E-state index is 10.2. The van der Waals surface area contributed by atoms with Crippen LogP contribution in [0.25, 0.3) is 199 Å². The monoisotopic (exact) mass is 1320 g/mol. The number of pyridine rings is 1. The van der Waals surface area contributed by atoms with Gasteiger partial charge in [-0.2, -0.15) is 5.26 Å². The Hall–Kier alpha value is -14.3. The summed E-state index contributed by atoms with van der Waals surface area (Å²) in [6, 6.07) is 130. The van der Waals surface area contributed by atoms with Gasteiger partial charge < -0.3 is 27.4 Å². The molecule has 0 amide bonds. The van der Waals surface area contributed by atoms with Gasteiger partial charge in [0.2, 0.25) is 0 Å². The van der Waals surface area contributed by atoms with E-state index in [4.69, 9.17) is 4.98 Å².